The van der Waals surface area contributed by atoms with Crippen LogP contribution in [0.3, 0.4) is 0 Å². The number of hydrogen-bond acceptors (Lipinski definition) is 3. The third-order valence-corrected chi connectivity index (χ3v) is 4.35. The van der Waals surface area contributed by atoms with Crippen LogP contribution in [0.25, 0.3) is 0 Å². The molecular weight excluding hydrogens is 262 g/mol. The van der Waals surface area contributed by atoms with E-state index in [0.717, 1.165) is 39.0 Å². The number of aryl methyl sites for hydroxylation is 2. The van der Waals surface area contributed by atoms with Crippen LogP contribution >= 0.6 is 0 Å². The summed E-state index contributed by atoms with van der Waals surface area (Å²) >= 11 is 0. The summed E-state index contributed by atoms with van der Waals surface area (Å²) in [7, 11) is 0. The molecule has 0 radical (unpaired) electrons. The van der Waals surface area contributed by atoms with Crippen LogP contribution in [0.15, 0.2) is 6.07 Å². The lowest BCUT2D eigenvalue weighted by molar-refractivity contribution is 0.00524. The Balaban J connectivity index is 1.99. The summed E-state index contributed by atoms with van der Waals surface area (Å²) in [6.07, 6.45) is 7.37. The summed E-state index contributed by atoms with van der Waals surface area (Å²) in [4.78, 5) is 0. The molecule has 21 heavy (non-hydrogen) atoms. The molecule has 0 spiro atoms. The van der Waals surface area contributed by atoms with E-state index < -0.39 is 0 Å². The van der Waals surface area contributed by atoms with Crippen LogP contribution in [-0.2, 0) is 24.1 Å². The van der Waals surface area contributed by atoms with E-state index in [1.807, 2.05) is 0 Å². The van der Waals surface area contributed by atoms with Gasteiger partial charge in [-0.05, 0) is 51.6 Å². The fraction of sp³-hybridized carbons (Fsp3) is 0.824. The van der Waals surface area contributed by atoms with Crippen molar-refractivity contribution in [1.29, 1.82) is 0 Å². The smallest absolute Gasteiger partial charge is 0.0624 e. The molecule has 0 bridgehead atoms. The van der Waals surface area contributed by atoms with Crippen molar-refractivity contribution in [2.24, 2.45) is 0 Å². The van der Waals surface area contributed by atoms with E-state index in [4.69, 9.17) is 4.74 Å². The Morgan fingerprint density at radius 1 is 1.38 bits per heavy atom. The van der Waals surface area contributed by atoms with Gasteiger partial charge in [0.15, 0.2) is 0 Å². The number of aromatic nitrogens is 2. The van der Waals surface area contributed by atoms with E-state index in [2.05, 4.69) is 41.9 Å². The Bertz CT molecular complexity index is 410. The molecule has 1 saturated heterocycles. The summed E-state index contributed by atoms with van der Waals surface area (Å²) in [5.41, 5.74) is 2.56. The zero-order valence-corrected chi connectivity index (χ0v) is 13.9. The Hall–Kier alpha value is -0.870. The van der Waals surface area contributed by atoms with E-state index in [-0.39, 0.29) is 0 Å². The Morgan fingerprint density at radius 2 is 2.24 bits per heavy atom. The van der Waals surface area contributed by atoms with Crippen molar-refractivity contribution in [3.05, 3.63) is 17.5 Å². The van der Waals surface area contributed by atoms with Crippen LogP contribution in [-0.4, -0.2) is 35.1 Å². The molecule has 1 N–H and O–H groups in total. The van der Waals surface area contributed by atoms with Crippen LogP contribution in [0.2, 0.25) is 0 Å². The van der Waals surface area contributed by atoms with Crippen LogP contribution in [0, 0.1) is 0 Å². The second-order valence-corrected chi connectivity index (χ2v) is 5.98. The molecule has 4 heteroatoms. The summed E-state index contributed by atoms with van der Waals surface area (Å²) < 4.78 is 8.07. The fourth-order valence-electron chi connectivity index (χ4n) is 3.22. The molecule has 1 aromatic heterocycles. The van der Waals surface area contributed by atoms with Crippen molar-refractivity contribution in [2.75, 3.05) is 13.2 Å². The van der Waals surface area contributed by atoms with Crippen LogP contribution in [0.1, 0.15) is 57.8 Å². The highest BCUT2D eigenvalue weighted by atomic mass is 16.5. The second kappa shape index (κ2) is 8.54. The van der Waals surface area contributed by atoms with Crippen molar-refractivity contribution >= 4 is 0 Å². The molecule has 1 aliphatic heterocycles. The van der Waals surface area contributed by atoms with Gasteiger partial charge in [-0.2, -0.15) is 5.10 Å². The van der Waals surface area contributed by atoms with Crippen molar-refractivity contribution in [3.8, 4) is 0 Å². The van der Waals surface area contributed by atoms with Gasteiger partial charge in [0, 0.05) is 31.3 Å². The molecule has 2 unspecified atom stereocenters. The van der Waals surface area contributed by atoms with Gasteiger partial charge in [0.2, 0.25) is 0 Å². The first kappa shape index (κ1) is 16.5. The molecule has 2 atom stereocenters. The lowest BCUT2D eigenvalue weighted by Gasteiger charge is -2.27. The maximum absolute atomic E-state index is 5.91. The Labute approximate surface area is 129 Å². The van der Waals surface area contributed by atoms with E-state index >= 15 is 0 Å². The number of ether oxygens (including phenoxy) is 1. The molecule has 1 aliphatic rings. The van der Waals surface area contributed by atoms with Crippen molar-refractivity contribution in [2.45, 2.75) is 78.0 Å². The summed E-state index contributed by atoms with van der Waals surface area (Å²) in [6.45, 7) is 9.43. The number of nitrogens with one attached hydrogen (secondary N) is 1. The molecule has 2 heterocycles. The number of rotatable bonds is 8. The van der Waals surface area contributed by atoms with Gasteiger partial charge in [-0.3, -0.25) is 4.68 Å². The maximum Gasteiger partial charge on any atom is 0.0624 e. The minimum absolute atomic E-state index is 0.437. The van der Waals surface area contributed by atoms with Crippen LogP contribution in [0.5, 0.6) is 0 Å². The first-order chi connectivity index (χ1) is 10.3. The molecule has 4 nitrogen and oxygen atoms in total. The van der Waals surface area contributed by atoms with Crippen molar-refractivity contribution in [1.82, 2.24) is 15.1 Å². The SMILES string of the molecule is CCNC(Cc1cc(CC)nn1CC)CC1CCCCO1. The lowest BCUT2D eigenvalue weighted by atomic mass is 9.98. The average molecular weight is 293 g/mol. The molecule has 1 aromatic rings. The van der Waals surface area contributed by atoms with Gasteiger partial charge in [0.1, 0.15) is 0 Å². The van der Waals surface area contributed by atoms with Gasteiger partial charge in [0.25, 0.3) is 0 Å². The highest BCUT2D eigenvalue weighted by Crippen LogP contribution is 2.19. The molecular formula is C17H31N3O. The summed E-state index contributed by atoms with van der Waals surface area (Å²) in [5.74, 6) is 0. The number of likely N-dealkylation sites (N-methyl/N-ethyl adjacent to an activating group) is 1. The van der Waals surface area contributed by atoms with Crippen LogP contribution in [0.4, 0.5) is 0 Å². The van der Waals surface area contributed by atoms with E-state index in [1.54, 1.807) is 0 Å². The van der Waals surface area contributed by atoms with Gasteiger partial charge in [0.05, 0.1) is 11.8 Å². The zero-order chi connectivity index (χ0) is 15.1. The van der Waals surface area contributed by atoms with Gasteiger partial charge < -0.3 is 10.1 Å². The largest absolute Gasteiger partial charge is 0.378 e. The first-order valence-electron chi connectivity index (χ1n) is 8.67. The van der Waals surface area contributed by atoms with Crippen molar-refractivity contribution in [3.63, 3.8) is 0 Å². The topological polar surface area (TPSA) is 39.1 Å². The maximum atomic E-state index is 5.91. The minimum atomic E-state index is 0.437. The van der Waals surface area contributed by atoms with Gasteiger partial charge in [-0.25, -0.2) is 0 Å². The van der Waals surface area contributed by atoms with Gasteiger partial charge >= 0.3 is 0 Å². The third kappa shape index (κ3) is 4.82. The highest BCUT2D eigenvalue weighted by molar-refractivity contribution is 5.12. The molecule has 0 amide bonds. The predicted octanol–water partition coefficient (Wildman–Crippen LogP) is 2.95. The molecule has 2 rings (SSSR count). The fourth-order valence-corrected chi connectivity index (χ4v) is 3.22. The normalized spacial score (nSPS) is 20.6. The molecule has 1 fully saturated rings. The van der Waals surface area contributed by atoms with Gasteiger partial charge in [-0.1, -0.05) is 13.8 Å². The monoisotopic (exact) mass is 293 g/mol. The van der Waals surface area contributed by atoms with Crippen molar-refractivity contribution < 1.29 is 4.74 Å². The lowest BCUT2D eigenvalue weighted by Crippen LogP contribution is -2.36. The molecule has 0 saturated carbocycles. The zero-order valence-electron chi connectivity index (χ0n) is 13.9. The first-order valence-corrected chi connectivity index (χ1v) is 8.67. The van der Waals surface area contributed by atoms with Gasteiger partial charge in [-0.15, -0.1) is 0 Å². The highest BCUT2D eigenvalue weighted by Gasteiger charge is 2.20. The standard InChI is InChI=1S/C17H31N3O/c1-4-14-11-16(20(6-3)19-14)12-15(18-5-2)13-17-9-7-8-10-21-17/h11,15,17-18H,4-10,12-13H2,1-3H3. The summed E-state index contributed by atoms with van der Waals surface area (Å²) in [5, 5.41) is 8.30. The quantitative estimate of drug-likeness (QED) is 0.801. The van der Waals surface area contributed by atoms with E-state index in [1.165, 1.54) is 30.7 Å². The Morgan fingerprint density at radius 3 is 2.86 bits per heavy atom. The minimum Gasteiger partial charge on any atom is -0.378 e. The predicted molar refractivity (Wildman–Crippen MR) is 86.7 cm³/mol. The number of nitrogens with zero attached hydrogens (tertiary/aromatic N) is 2. The third-order valence-electron chi connectivity index (χ3n) is 4.35. The number of hydrogen-bond donors (Lipinski definition) is 1. The van der Waals surface area contributed by atoms with Crippen LogP contribution < -0.4 is 5.32 Å². The Kier molecular flexibility index (Phi) is 6.71. The average Bonchev–Trinajstić information content (AvgIpc) is 2.90. The van der Waals surface area contributed by atoms with E-state index in [0.29, 0.717) is 12.1 Å². The molecule has 0 aromatic carbocycles. The second-order valence-electron chi connectivity index (χ2n) is 5.98. The van der Waals surface area contributed by atoms with E-state index in [9.17, 15) is 0 Å². The molecule has 120 valence electrons. The summed E-state index contributed by atoms with van der Waals surface area (Å²) in [6, 6.07) is 2.76. The molecule has 0 aliphatic carbocycles.